The fourth-order valence-corrected chi connectivity index (χ4v) is 4.37. The van der Waals surface area contributed by atoms with Crippen LogP contribution in [-0.4, -0.2) is 23.1 Å². The van der Waals surface area contributed by atoms with Gasteiger partial charge in [-0.1, -0.05) is 41.1 Å². The van der Waals surface area contributed by atoms with E-state index in [1.165, 1.54) is 11.3 Å². The molecule has 4 rings (SSSR count). The van der Waals surface area contributed by atoms with E-state index in [4.69, 9.17) is 21.1 Å². The Morgan fingerprint density at radius 2 is 1.72 bits per heavy atom. The average molecular weight is 467 g/mol. The molecule has 0 aliphatic carbocycles. The van der Waals surface area contributed by atoms with Crippen LogP contribution in [0.1, 0.15) is 17.3 Å². The SMILES string of the molecule is CCOC(=O)Cn1c(=NC(=O)c2ccc(Oc3ccccc3)cc2)sc2cc(Cl)ccc21. The third kappa shape index (κ3) is 5.07. The van der Waals surface area contributed by atoms with Crippen LogP contribution in [-0.2, 0) is 16.1 Å². The van der Waals surface area contributed by atoms with Gasteiger partial charge in [-0.3, -0.25) is 9.59 Å². The fourth-order valence-electron chi connectivity index (χ4n) is 3.06. The molecule has 1 aromatic heterocycles. The van der Waals surface area contributed by atoms with E-state index in [1.807, 2.05) is 30.3 Å². The van der Waals surface area contributed by atoms with E-state index in [0.717, 1.165) is 10.2 Å². The number of hydrogen-bond acceptors (Lipinski definition) is 5. The molecule has 162 valence electrons. The van der Waals surface area contributed by atoms with Crippen molar-refractivity contribution >= 4 is 45.0 Å². The van der Waals surface area contributed by atoms with Crippen LogP contribution in [0.25, 0.3) is 10.2 Å². The second-order valence-electron chi connectivity index (χ2n) is 6.74. The zero-order chi connectivity index (χ0) is 22.5. The van der Waals surface area contributed by atoms with E-state index in [2.05, 4.69) is 4.99 Å². The van der Waals surface area contributed by atoms with Crippen LogP contribution in [0.5, 0.6) is 11.5 Å². The van der Waals surface area contributed by atoms with Gasteiger partial charge in [-0.2, -0.15) is 4.99 Å². The maximum atomic E-state index is 12.8. The molecule has 32 heavy (non-hydrogen) atoms. The second kappa shape index (κ2) is 9.80. The maximum Gasteiger partial charge on any atom is 0.326 e. The van der Waals surface area contributed by atoms with E-state index >= 15 is 0 Å². The monoisotopic (exact) mass is 466 g/mol. The van der Waals surface area contributed by atoms with Gasteiger partial charge < -0.3 is 14.0 Å². The Bertz CT molecular complexity index is 1330. The Morgan fingerprint density at radius 3 is 2.44 bits per heavy atom. The van der Waals surface area contributed by atoms with Crippen LogP contribution < -0.4 is 9.54 Å². The third-order valence-electron chi connectivity index (χ3n) is 4.51. The molecule has 6 nitrogen and oxygen atoms in total. The lowest BCUT2D eigenvalue weighted by Gasteiger charge is -2.06. The largest absolute Gasteiger partial charge is 0.465 e. The van der Waals surface area contributed by atoms with E-state index in [0.29, 0.717) is 26.9 Å². The van der Waals surface area contributed by atoms with Crippen LogP contribution in [0.4, 0.5) is 0 Å². The molecule has 0 N–H and O–H groups in total. The average Bonchev–Trinajstić information content (AvgIpc) is 3.10. The number of ether oxygens (including phenoxy) is 2. The summed E-state index contributed by atoms with van der Waals surface area (Å²) in [5.41, 5.74) is 1.16. The van der Waals surface area contributed by atoms with Crippen LogP contribution in [0.15, 0.2) is 77.8 Å². The number of fused-ring (bicyclic) bond motifs is 1. The first kappa shape index (κ1) is 21.8. The molecule has 0 aliphatic heterocycles. The van der Waals surface area contributed by atoms with Gasteiger partial charge >= 0.3 is 5.97 Å². The van der Waals surface area contributed by atoms with Crippen molar-refractivity contribution in [3.05, 3.63) is 88.2 Å². The Morgan fingerprint density at radius 1 is 1.00 bits per heavy atom. The predicted molar refractivity (Wildman–Crippen MR) is 124 cm³/mol. The number of para-hydroxylation sites is 1. The Kier molecular flexibility index (Phi) is 6.68. The number of hydrogen-bond donors (Lipinski definition) is 0. The lowest BCUT2D eigenvalue weighted by atomic mass is 10.2. The molecule has 3 aromatic carbocycles. The van der Waals surface area contributed by atoms with E-state index in [1.54, 1.807) is 54.0 Å². The molecule has 0 radical (unpaired) electrons. The molecule has 0 unspecified atom stereocenters. The van der Waals surface area contributed by atoms with Gasteiger partial charge in [0.05, 0.1) is 16.8 Å². The standard InChI is InChI=1S/C24H19ClN2O4S/c1-2-30-22(28)15-27-20-13-10-17(25)14-21(20)32-24(27)26-23(29)16-8-11-19(12-9-16)31-18-6-4-3-5-7-18/h3-14H,2,15H2,1H3. The summed E-state index contributed by atoms with van der Waals surface area (Å²) in [4.78, 5) is 29.6. The number of carbonyl (C=O) groups is 2. The summed E-state index contributed by atoms with van der Waals surface area (Å²) >= 11 is 7.39. The minimum atomic E-state index is -0.425. The summed E-state index contributed by atoms with van der Waals surface area (Å²) in [6, 6.07) is 21.4. The van der Waals surface area contributed by atoms with Gasteiger partial charge in [-0.15, -0.1) is 0 Å². The van der Waals surface area contributed by atoms with Crippen molar-refractivity contribution in [1.82, 2.24) is 4.57 Å². The normalized spacial score (nSPS) is 11.5. The summed E-state index contributed by atoms with van der Waals surface area (Å²) in [5, 5.41) is 0.564. The summed E-state index contributed by atoms with van der Waals surface area (Å²) in [7, 11) is 0. The molecule has 8 heteroatoms. The molecular weight excluding hydrogens is 448 g/mol. The van der Waals surface area contributed by atoms with Crippen molar-refractivity contribution in [2.24, 2.45) is 4.99 Å². The van der Waals surface area contributed by atoms with Gasteiger partial charge in [0, 0.05) is 10.6 Å². The summed E-state index contributed by atoms with van der Waals surface area (Å²) in [5.74, 6) is 0.492. The third-order valence-corrected chi connectivity index (χ3v) is 5.79. The lowest BCUT2D eigenvalue weighted by Crippen LogP contribution is -2.23. The van der Waals surface area contributed by atoms with E-state index in [9.17, 15) is 9.59 Å². The van der Waals surface area contributed by atoms with Crippen molar-refractivity contribution in [2.45, 2.75) is 13.5 Å². The molecule has 0 atom stereocenters. The number of thiazole rings is 1. The summed E-state index contributed by atoms with van der Waals surface area (Å²) in [6.07, 6.45) is 0. The maximum absolute atomic E-state index is 12.8. The highest BCUT2D eigenvalue weighted by Crippen LogP contribution is 2.23. The van der Waals surface area contributed by atoms with Crippen molar-refractivity contribution in [3.8, 4) is 11.5 Å². The van der Waals surface area contributed by atoms with Crippen molar-refractivity contribution in [1.29, 1.82) is 0 Å². The first-order chi connectivity index (χ1) is 15.5. The molecule has 4 aromatic rings. The minimum Gasteiger partial charge on any atom is -0.465 e. The number of aromatic nitrogens is 1. The van der Waals surface area contributed by atoms with Gasteiger partial charge in [0.25, 0.3) is 5.91 Å². The first-order valence-corrected chi connectivity index (χ1v) is 11.1. The lowest BCUT2D eigenvalue weighted by molar-refractivity contribution is -0.143. The molecule has 1 amide bonds. The van der Waals surface area contributed by atoms with Gasteiger partial charge in [0.15, 0.2) is 4.80 Å². The highest BCUT2D eigenvalue weighted by molar-refractivity contribution is 7.16. The van der Waals surface area contributed by atoms with Crippen LogP contribution in [0.2, 0.25) is 5.02 Å². The van der Waals surface area contributed by atoms with Gasteiger partial charge in [-0.25, -0.2) is 0 Å². The fraction of sp³-hybridized carbons (Fsp3) is 0.125. The van der Waals surface area contributed by atoms with E-state index in [-0.39, 0.29) is 13.2 Å². The van der Waals surface area contributed by atoms with Gasteiger partial charge in [-0.05, 0) is 61.5 Å². The Labute approximate surface area is 193 Å². The molecule has 0 aliphatic rings. The predicted octanol–water partition coefficient (Wildman–Crippen LogP) is 5.45. The smallest absolute Gasteiger partial charge is 0.326 e. The van der Waals surface area contributed by atoms with Crippen molar-refractivity contribution in [2.75, 3.05) is 6.61 Å². The quantitative estimate of drug-likeness (QED) is 0.354. The second-order valence-corrected chi connectivity index (χ2v) is 8.19. The number of carbonyl (C=O) groups excluding carboxylic acids is 2. The molecule has 0 spiro atoms. The first-order valence-electron chi connectivity index (χ1n) is 9.90. The zero-order valence-corrected chi connectivity index (χ0v) is 18.7. The minimum absolute atomic E-state index is 0.0502. The zero-order valence-electron chi connectivity index (χ0n) is 17.2. The summed E-state index contributed by atoms with van der Waals surface area (Å²) < 4.78 is 13.3. The number of esters is 1. The van der Waals surface area contributed by atoms with Gasteiger partial charge in [0.1, 0.15) is 18.0 Å². The molecule has 0 bridgehead atoms. The highest BCUT2D eigenvalue weighted by Gasteiger charge is 2.13. The molecule has 0 fully saturated rings. The number of rotatable bonds is 6. The molecule has 1 heterocycles. The molecular formula is C24H19ClN2O4S. The Hall–Kier alpha value is -3.42. The van der Waals surface area contributed by atoms with Gasteiger partial charge in [0.2, 0.25) is 0 Å². The van der Waals surface area contributed by atoms with Crippen LogP contribution in [0, 0.1) is 0 Å². The number of nitrogens with zero attached hydrogens (tertiary/aromatic N) is 2. The highest BCUT2D eigenvalue weighted by atomic mass is 35.5. The number of halogens is 1. The topological polar surface area (TPSA) is 69.9 Å². The number of benzene rings is 3. The Balaban J connectivity index is 1.64. The summed E-state index contributed by atoms with van der Waals surface area (Å²) in [6.45, 7) is 1.97. The molecule has 0 saturated carbocycles. The molecule has 0 saturated heterocycles. The van der Waals surface area contributed by atoms with Crippen LogP contribution >= 0.6 is 22.9 Å². The van der Waals surface area contributed by atoms with Crippen molar-refractivity contribution < 1.29 is 19.1 Å². The number of amides is 1. The van der Waals surface area contributed by atoms with Crippen LogP contribution in [0.3, 0.4) is 0 Å². The van der Waals surface area contributed by atoms with E-state index < -0.39 is 11.9 Å². The van der Waals surface area contributed by atoms with Crippen molar-refractivity contribution in [3.63, 3.8) is 0 Å².